The molecule has 0 saturated heterocycles. The van der Waals surface area contributed by atoms with Crippen molar-refractivity contribution in [3.63, 3.8) is 0 Å². The van der Waals surface area contributed by atoms with Crippen LogP contribution < -0.4 is 10.6 Å². The van der Waals surface area contributed by atoms with Crippen molar-refractivity contribution in [2.45, 2.75) is 44.2 Å². The van der Waals surface area contributed by atoms with Crippen LogP contribution in [0.25, 0.3) is 0 Å². The lowest BCUT2D eigenvalue weighted by Crippen LogP contribution is -2.36. The molecule has 0 spiro atoms. The third-order valence-electron chi connectivity index (χ3n) is 3.63. The van der Waals surface area contributed by atoms with Gasteiger partial charge in [0.25, 0.3) is 0 Å². The molecule has 0 radical (unpaired) electrons. The van der Waals surface area contributed by atoms with E-state index in [1.165, 1.54) is 17.1 Å². The van der Waals surface area contributed by atoms with Crippen LogP contribution in [0, 0.1) is 0 Å². The lowest BCUT2D eigenvalue weighted by molar-refractivity contribution is 0.445. The van der Waals surface area contributed by atoms with E-state index in [1.807, 2.05) is 26.0 Å². The molecule has 1 aromatic carbocycles. The lowest BCUT2D eigenvalue weighted by Gasteiger charge is -2.18. The Bertz CT molecular complexity index is 606. The Balaban J connectivity index is 1.95. The molecule has 5 nitrogen and oxygen atoms in total. The molecule has 122 valence electrons. The molecule has 0 heterocycles. The van der Waals surface area contributed by atoms with Crippen molar-refractivity contribution in [2.24, 2.45) is 0 Å². The molecular weight excluding hydrogens is 318 g/mol. The largest absolute Gasteiger partial charge is 0.360 e. The van der Waals surface area contributed by atoms with Gasteiger partial charge in [-0.3, -0.25) is 0 Å². The van der Waals surface area contributed by atoms with Crippen LogP contribution in [0.1, 0.15) is 32.3 Å². The molecule has 1 aliphatic rings. The molecule has 2 rings (SSSR count). The van der Waals surface area contributed by atoms with Crippen LogP contribution in [-0.4, -0.2) is 37.0 Å². The minimum atomic E-state index is -3.38. The van der Waals surface area contributed by atoms with E-state index in [1.54, 1.807) is 12.1 Å². The standard InChI is InChI=1S/C15H23N3O2S2/c1-3-18(4-2)22(19,20)14-9-5-12(6-10-14)11-16-15(21)17-13-7-8-13/h5-6,9-10,13H,3-4,7-8,11H2,1-2H3,(H2,16,17,21). The quantitative estimate of drug-likeness (QED) is 0.741. The molecule has 7 heteroatoms. The first-order valence-corrected chi connectivity index (χ1v) is 9.45. The smallest absolute Gasteiger partial charge is 0.243 e. The van der Waals surface area contributed by atoms with Gasteiger partial charge in [0.15, 0.2) is 5.11 Å². The summed E-state index contributed by atoms with van der Waals surface area (Å²) >= 11 is 5.20. The first-order chi connectivity index (χ1) is 10.5. The maximum atomic E-state index is 12.4. The second kappa shape index (κ2) is 7.39. The van der Waals surface area contributed by atoms with E-state index in [9.17, 15) is 8.42 Å². The summed E-state index contributed by atoms with van der Waals surface area (Å²) in [5.74, 6) is 0. The Morgan fingerprint density at radius 3 is 2.32 bits per heavy atom. The fraction of sp³-hybridized carbons (Fsp3) is 0.533. The average Bonchev–Trinajstić information content (AvgIpc) is 3.30. The van der Waals surface area contributed by atoms with Crippen molar-refractivity contribution in [3.8, 4) is 0 Å². The molecule has 0 aliphatic heterocycles. The number of rotatable bonds is 7. The van der Waals surface area contributed by atoms with Crippen molar-refractivity contribution in [3.05, 3.63) is 29.8 Å². The van der Waals surface area contributed by atoms with Gasteiger partial charge < -0.3 is 10.6 Å². The van der Waals surface area contributed by atoms with Gasteiger partial charge >= 0.3 is 0 Å². The van der Waals surface area contributed by atoms with Crippen LogP contribution in [0.3, 0.4) is 0 Å². The van der Waals surface area contributed by atoms with E-state index in [2.05, 4.69) is 10.6 Å². The highest BCUT2D eigenvalue weighted by Crippen LogP contribution is 2.18. The lowest BCUT2D eigenvalue weighted by atomic mass is 10.2. The second-order valence-corrected chi connectivity index (χ2v) is 7.68. The summed E-state index contributed by atoms with van der Waals surface area (Å²) in [4.78, 5) is 0.332. The Labute approximate surface area is 138 Å². The minimum absolute atomic E-state index is 0.332. The van der Waals surface area contributed by atoms with E-state index >= 15 is 0 Å². The number of hydrogen-bond donors (Lipinski definition) is 2. The summed E-state index contributed by atoms with van der Waals surface area (Å²) in [5, 5.41) is 7.00. The number of hydrogen-bond acceptors (Lipinski definition) is 3. The third-order valence-corrected chi connectivity index (χ3v) is 5.96. The van der Waals surface area contributed by atoms with Crippen LogP contribution in [0.4, 0.5) is 0 Å². The SMILES string of the molecule is CCN(CC)S(=O)(=O)c1ccc(CNC(=S)NC2CC2)cc1. The number of nitrogens with one attached hydrogen (secondary N) is 2. The molecule has 0 atom stereocenters. The molecule has 2 N–H and O–H groups in total. The molecule has 0 aromatic heterocycles. The van der Waals surface area contributed by atoms with Crippen LogP contribution in [0.15, 0.2) is 29.2 Å². The summed E-state index contributed by atoms with van der Waals surface area (Å²) in [6.45, 7) is 5.22. The van der Waals surface area contributed by atoms with Crippen molar-refractivity contribution < 1.29 is 8.42 Å². The molecule has 0 amide bonds. The van der Waals surface area contributed by atoms with E-state index in [0.717, 1.165) is 5.56 Å². The maximum absolute atomic E-state index is 12.4. The highest BCUT2D eigenvalue weighted by atomic mass is 32.2. The van der Waals surface area contributed by atoms with Crippen molar-refractivity contribution >= 4 is 27.4 Å². The fourth-order valence-corrected chi connectivity index (χ4v) is 3.84. The molecule has 1 saturated carbocycles. The normalized spacial score (nSPS) is 14.9. The maximum Gasteiger partial charge on any atom is 0.243 e. The number of nitrogens with zero attached hydrogens (tertiary/aromatic N) is 1. The van der Waals surface area contributed by atoms with Gasteiger partial charge in [-0.2, -0.15) is 4.31 Å². The number of thiocarbonyl (C=S) groups is 1. The molecule has 1 aliphatic carbocycles. The molecular formula is C15H23N3O2S2. The van der Waals surface area contributed by atoms with Crippen LogP contribution in [0.5, 0.6) is 0 Å². The number of benzene rings is 1. The summed E-state index contributed by atoms with van der Waals surface area (Å²) in [6, 6.07) is 7.48. The highest BCUT2D eigenvalue weighted by molar-refractivity contribution is 7.89. The van der Waals surface area contributed by atoms with Gasteiger partial charge in [-0.15, -0.1) is 0 Å². The highest BCUT2D eigenvalue weighted by Gasteiger charge is 2.22. The first kappa shape index (κ1) is 17.2. The zero-order valence-electron chi connectivity index (χ0n) is 13.0. The Hall–Kier alpha value is -1.18. The molecule has 0 bridgehead atoms. The van der Waals surface area contributed by atoms with Gasteiger partial charge in [0, 0.05) is 25.7 Å². The van der Waals surface area contributed by atoms with Crippen molar-refractivity contribution in [1.29, 1.82) is 0 Å². The van der Waals surface area contributed by atoms with E-state index in [4.69, 9.17) is 12.2 Å². The minimum Gasteiger partial charge on any atom is -0.360 e. The summed E-state index contributed by atoms with van der Waals surface area (Å²) in [5.41, 5.74) is 0.999. The van der Waals surface area contributed by atoms with Gasteiger partial charge in [0.05, 0.1) is 4.90 Å². The predicted octanol–water partition coefficient (Wildman–Crippen LogP) is 1.84. The van der Waals surface area contributed by atoms with E-state index < -0.39 is 10.0 Å². The fourth-order valence-electron chi connectivity index (χ4n) is 2.14. The van der Waals surface area contributed by atoms with Gasteiger partial charge in [0.2, 0.25) is 10.0 Å². The van der Waals surface area contributed by atoms with Crippen molar-refractivity contribution in [1.82, 2.24) is 14.9 Å². The second-order valence-electron chi connectivity index (χ2n) is 5.33. The summed E-state index contributed by atoms with van der Waals surface area (Å²) in [7, 11) is -3.38. The predicted molar refractivity (Wildman–Crippen MR) is 92.1 cm³/mol. The number of sulfonamides is 1. The van der Waals surface area contributed by atoms with Crippen molar-refractivity contribution in [2.75, 3.05) is 13.1 Å². The molecule has 1 fully saturated rings. The van der Waals surface area contributed by atoms with Gasteiger partial charge in [-0.1, -0.05) is 26.0 Å². The Morgan fingerprint density at radius 2 is 1.82 bits per heavy atom. The molecule has 22 heavy (non-hydrogen) atoms. The first-order valence-electron chi connectivity index (χ1n) is 7.60. The van der Waals surface area contributed by atoms with Crippen LogP contribution >= 0.6 is 12.2 Å². The zero-order chi connectivity index (χ0) is 16.2. The summed E-state index contributed by atoms with van der Waals surface area (Å²) in [6.07, 6.45) is 2.36. The van der Waals surface area contributed by atoms with Crippen LogP contribution in [-0.2, 0) is 16.6 Å². The summed E-state index contributed by atoms with van der Waals surface area (Å²) < 4.78 is 26.2. The molecule has 1 aromatic rings. The van der Waals surface area contributed by atoms with Crippen LogP contribution in [0.2, 0.25) is 0 Å². The van der Waals surface area contributed by atoms with E-state index in [-0.39, 0.29) is 0 Å². The zero-order valence-corrected chi connectivity index (χ0v) is 14.6. The van der Waals surface area contributed by atoms with Gasteiger partial charge in [-0.05, 0) is 42.8 Å². The Kier molecular flexibility index (Phi) is 5.77. The van der Waals surface area contributed by atoms with E-state index in [0.29, 0.717) is 35.7 Å². The van der Waals surface area contributed by atoms with Gasteiger partial charge in [-0.25, -0.2) is 8.42 Å². The topological polar surface area (TPSA) is 61.4 Å². The third kappa shape index (κ3) is 4.41. The van der Waals surface area contributed by atoms with Gasteiger partial charge in [0.1, 0.15) is 0 Å². The molecule has 0 unspecified atom stereocenters. The monoisotopic (exact) mass is 341 g/mol. The Morgan fingerprint density at radius 1 is 1.23 bits per heavy atom. The average molecular weight is 342 g/mol.